The van der Waals surface area contributed by atoms with Gasteiger partial charge in [-0.05, 0) is 55.8 Å². The van der Waals surface area contributed by atoms with Gasteiger partial charge in [0.25, 0.3) is 11.7 Å². The van der Waals surface area contributed by atoms with E-state index in [0.29, 0.717) is 10.6 Å². The predicted molar refractivity (Wildman–Crippen MR) is 122 cm³/mol. The zero-order valence-corrected chi connectivity index (χ0v) is 18.9. The smallest absolute Gasteiger partial charge is 0.295 e. The summed E-state index contributed by atoms with van der Waals surface area (Å²) in [5.74, 6) is -1.58. The summed E-state index contributed by atoms with van der Waals surface area (Å²) in [7, 11) is 3.87. The number of Topliss-reactive ketones (excluding diaryl/α,β-unsaturated/α-hetero) is 1. The van der Waals surface area contributed by atoms with E-state index in [2.05, 4.69) is 0 Å². The highest BCUT2D eigenvalue weighted by Gasteiger charge is 2.45. The molecular formula is C24H27ClN2O4. The van der Waals surface area contributed by atoms with Gasteiger partial charge in [0, 0.05) is 36.9 Å². The zero-order chi connectivity index (χ0) is 22.7. The van der Waals surface area contributed by atoms with Gasteiger partial charge in [0.1, 0.15) is 5.76 Å². The van der Waals surface area contributed by atoms with E-state index in [-0.39, 0.29) is 30.6 Å². The minimum atomic E-state index is -0.710. The largest absolute Gasteiger partial charge is 0.507 e. The quantitative estimate of drug-likeness (QED) is 0.394. The van der Waals surface area contributed by atoms with E-state index in [9.17, 15) is 14.7 Å². The van der Waals surface area contributed by atoms with Gasteiger partial charge < -0.3 is 19.6 Å². The Hall–Kier alpha value is -2.83. The summed E-state index contributed by atoms with van der Waals surface area (Å²) < 4.78 is 5.61. The Morgan fingerprint density at radius 3 is 2.26 bits per heavy atom. The molecule has 1 fully saturated rings. The van der Waals surface area contributed by atoms with Crippen molar-refractivity contribution in [2.24, 2.45) is 0 Å². The number of anilines is 1. The van der Waals surface area contributed by atoms with Crippen molar-refractivity contribution in [3.05, 3.63) is 70.3 Å². The molecule has 1 atom stereocenters. The molecule has 6 nitrogen and oxygen atoms in total. The van der Waals surface area contributed by atoms with Gasteiger partial charge >= 0.3 is 0 Å². The molecule has 2 aromatic rings. The Morgan fingerprint density at radius 1 is 1.10 bits per heavy atom. The van der Waals surface area contributed by atoms with Crippen molar-refractivity contribution in [2.45, 2.75) is 26.0 Å². The standard InChI is InChI=1S/C24H27ClN2O4/c1-15(2)31-14-13-27-21(16-7-11-19(12-8-16)26(3)4)20(23(29)24(27)30)22(28)17-5-9-18(25)10-6-17/h5-12,15,21,28H,13-14H2,1-4H3/b22-20-. The maximum atomic E-state index is 13.0. The first-order valence-electron chi connectivity index (χ1n) is 10.1. The van der Waals surface area contributed by atoms with Crippen molar-refractivity contribution in [1.29, 1.82) is 0 Å². The second-order valence-electron chi connectivity index (χ2n) is 7.90. The highest BCUT2D eigenvalue weighted by Crippen LogP contribution is 2.39. The fraction of sp³-hybridized carbons (Fsp3) is 0.333. The molecule has 1 heterocycles. The van der Waals surface area contributed by atoms with E-state index >= 15 is 0 Å². The first kappa shape index (κ1) is 22.8. The molecule has 3 rings (SSSR count). The fourth-order valence-corrected chi connectivity index (χ4v) is 3.69. The number of benzene rings is 2. The molecule has 164 valence electrons. The summed E-state index contributed by atoms with van der Waals surface area (Å²) in [6, 6.07) is 13.4. The minimum absolute atomic E-state index is 0.00344. The number of carbonyl (C=O) groups is 2. The van der Waals surface area contributed by atoms with E-state index in [1.165, 1.54) is 4.90 Å². The van der Waals surface area contributed by atoms with Gasteiger partial charge in [-0.3, -0.25) is 9.59 Å². The summed E-state index contributed by atoms with van der Waals surface area (Å²) in [4.78, 5) is 29.3. The molecule has 1 N–H and O–H groups in total. The van der Waals surface area contributed by atoms with E-state index < -0.39 is 17.7 Å². The Bertz CT molecular complexity index is 982. The van der Waals surface area contributed by atoms with Crippen molar-refractivity contribution in [2.75, 3.05) is 32.1 Å². The lowest BCUT2D eigenvalue weighted by atomic mass is 9.95. The number of halogens is 1. The average Bonchev–Trinajstić information content (AvgIpc) is 2.98. The SMILES string of the molecule is CC(C)OCCN1C(=O)C(=O)/C(=C(\O)c2ccc(Cl)cc2)C1c1ccc(N(C)C)cc1. The van der Waals surface area contributed by atoms with Crippen LogP contribution in [-0.4, -0.2) is 55.0 Å². The predicted octanol–water partition coefficient (Wildman–Crippen LogP) is 4.25. The number of nitrogens with zero attached hydrogens (tertiary/aromatic N) is 2. The first-order chi connectivity index (χ1) is 14.7. The number of hydrogen-bond acceptors (Lipinski definition) is 5. The number of likely N-dealkylation sites (tertiary alicyclic amines) is 1. The topological polar surface area (TPSA) is 70.1 Å². The molecule has 0 aromatic heterocycles. The van der Waals surface area contributed by atoms with Crippen LogP contribution >= 0.6 is 11.6 Å². The number of amides is 1. The second-order valence-corrected chi connectivity index (χ2v) is 8.34. The molecule has 0 radical (unpaired) electrons. The summed E-state index contributed by atoms with van der Waals surface area (Å²) in [5, 5.41) is 11.5. The summed E-state index contributed by atoms with van der Waals surface area (Å²) >= 11 is 5.95. The monoisotopic (exact) mass is 442 g/mol. The van der Waals surface area contributed by atoms with Gasteiger partial charge in [0.05, 0.1) is 24.3 Å². The molecule has 1 unspecified atom stereocenters. The lowest BCUT2D eigenvalue weighted by Gasteiger charge is -2.26. The number of rotatable bonds is 7. The van der Waals surface area contributed by atoms with Crippen LogP contribution in [0.5, 0.6) is 0 Å². The third-order valence-corrected chi connectivity index (χ3v) is 5.42. The molecule has 2 aromatic carbocycles. The van der Waals surface area contributed by atoms with Crippen LogP contribution in [0.25, 0.3) is 5.76 Å². The Morgan fingerprint density at radius 2 is 1.71 bits per heavy atom. The highest BCUT2D eigenvalue weighted by atomic mass is 35.5. The van der Waals surface area contributed by atoms with Crippen LogP contribution in [-0.2, 0) is 14.3 Å². The molecule has 1 saturated heterocycles. The van der Waals surface area contributed by atoms with Gasteiger partial charge in [-0.25, -0.2) is 0 Å². The molecule has 1 aliphatic heterocycles. The van der Waals surface area contributed by atoms with Gasteiger partial charge in [0.2, 0.25) is 0 Å². The van der Waals surface area contributed by atoms with Crippen LogP contribution < -0.4 is 4.90 Å². The number of ketones is 1. The summed E-state index contributed by atoms with van der Waals surface area (Å²) in [6.07, 6.45) is 0.00344. The van der Waals surface area contributed by atoms with Crippen LogP contribution in [0.2, 0.25) is 5.02 Å². The number of carbonyl (C=O) groups excluding carboxylic acids is 2. The first-order valence-corrected chi connectivity index (χ1v) is 10.5. The third kappa shape index (κ3) is 4.92. The Balaban J connectivity index is 2.08. The molecule has 0 aliphatic carbocycles. The van der Waals surface area contributed by atoms with Crippen LogP contribution in [0.15, 0.2) is 54.1 Å². The molecule has 1 amide bonds. The van der Waals surface area contributed by atoms with Crippen LogP contribution in [0.4, 0.5) is 5.69 Å². The fourth-order valence-electron chi connectivity index (χ4n) is 3.56. The molecule has 0 spiro atoms. The van der Waals surface area contributed by atoms with Crippen LogP contribution in [0.1, 0.15) is 31.0 Å². The normalized spacial score (nSPS) is 18.1. The average molecular weight is 443 g/mol. The lowest BCUT2D eigenvalue weighted by molar-refractivity contribution is -0.140. The lowest BCUT2D eigenvalue weighted by Crippen LogP contribution is -2.33. The summed E-state index contributed by atoms with van der Waals surface area (Å²) in [6.45, 7) is 4.34. The molecule has 7 heteroatoms. The van der Waals surface area contributed by atoms with Crippen molar-refractivity contribution in [3.63, 3.8) is 0 Å². The number of hydrogen-bond donors (Lipinski definition) is 1. The second kappa shape index (κ2) is 9.54. The van der Waals surface area contributed by atoms with Crippen molar-refractivity contribution >= 4 is 34.7 Å². The van der Waals surface area contributed by atoms with Gasteiger partial charge in [0.15, 0.2) is 0 Å². The minimum Gasteiger partial charge on any atom is -0.507 e. The molecule has 0 bridgehead atoms. The third-order valence-electron chi connectivity index (χ3n) is 5.17. The van der Waals surface area contributed by atoms with E-state index in [4.69, 9.17) is 16.3 Å². The van der Waals surface area contributed by atoms with Gasteiger partial charge in [-0.1, -0.05) is 23.7 Å². The van der Waals surface area contributed by atoms with Crippen LogP contribution in [0, 0.1) is 0 Å². The van der Waals surface area contributed by atoms with Crippen LogP contribution in [0.3, 0.4) is 0 Å². The maximum absolute atomic E-state index is 13.0. The number of ether oxygens (including phenoxy) is 1. The van der Waals surface area contributed by atoms with E-state index in [0.717, 1.165) is 11.3 Å². The van der Waals surface area contributed by atoms with Crippen molar-refractivity contribution in [1.82, 2.24) is 4.90 Å². The maximum Gasteiger partial charge on any atom is 0.295 e. The summed E-state index contributed by atoms with van der Waals surface area (Å²) in [5.41, 5.74) is 2.22. The molecule has 0 saturated carbocycles. The Labute approximate surface area is 187 Å². The highest BCUT2D eigenvalue weighted by molar-refractivity contribution is 6.46. The van der Waals surface area contributed by atoms with Crippen molar-refractivity contribution in [3.8, 4) is 0 Å². The molecular weight excluding hydrogens is 416 g/mol. The molecule has 1 aliphatic rings. The molecule has 31 heavy (non-hydrogen) atoms. The van der Waals surface area contributed by atoms with Gasteiger partial charge in [-0.15, -0.1) is 0 Å². The number of aliphatic hydroxyl groups is 1. The van der Waals surface area contributed by atoms with Crippen molar-refractivity contribution < 1.29 is 19.4 Å². The van der Waals surface area contributed by atoms with E-state index in [1.807, 2.05) is 57.1 Å². The number of aliphatic hydroxyl groups excluding tert-OH is 1. The van der Waals surface area contributed by atoms with E-state index in [1.54, 1.807) is 24.3 Å². The Kier molecular flexibility index (Phi) is 7.03. The van der Waals surface area contributed by atoms with Gasteiger partial charge in [-0.2, -0.15) is 0 Å². The zero-order valence-electron chi connectivity index (χ0n) is 18.1.